The summed E-state index contributed by atoms with van der Waals surface area (Å²) in [6.07, 6.45) is 2.82. The van der Waals surface area contributed by atoms with E-state index in [2.05, 4.69) is 11.8 Å². The van der Waals surface area contributed by atoms with Crippen molar-refractivity contribution < 1.29 is 9.53 Å². The highest BCUT2D eigenvalue weighted by molar-refractivity contribution is 6.08. The molecule has 0 bridgehead atoms. The van der Waals surface area contributed by atoms with Crippen LogP contribution in [0.15, 0.2) is 84.9 Å². The molecule has 0 saturated carbocycles. The maximum atomic E-state index is 12.4. The van der Waals surface area contributed by atoms with Gasteiger partial charge in [-0.2, -0.15) is 0 Å². The molecule has 2 nitrogen and oxygen atoms in total. The van der Waals surface area contributed by atoms with E-state index in [0.29, 0.717) is 17.7 Å². The average Bonchev–Trinajstić information content (AvgIpc) is 2.74. The largest absolute Gasteiger partial charge is 0.494 e. The van der Waals surface area contributed by atoms with Gasteiger partial charge in [-0.15, -0.1) is 0 Å². The van der Waals surface area contributed by atoms with E-state index in [-0.39, 0.29) is 5.78 Å². The molecule has 0 aromatic heterocycles. The Balaban J connectivity index is 1.39. The lowest BCUT2D eigenvalue weighted by Gasteiger charge is -2.06. The monoisotopic (exact) mass is 354 g/mol. The van der Waals surface area contributed by atoms with Crippen LogP contribution in [0.3, 0.4) is 0 Å². The molecular formula is C25H22O2. The lowest BCUT2D eigenvalue weighted by Crippen LogP contribution is -2.01. The molecule has 0 atom stereocenters. The molecule has 0 aliphatic carbocycles. The minimum atomic E-state index is 0.0270. The van der Waals surface area contributed by atoms with Crippen LogP contribution in [0.5, 0.6) is 5.75 Å². The second kappa shape index (κ2) is 9.99. The van der Waals surface area contributed by atoms with E-state index in [1.165, 1.54) is 0 Å². The Morgan fingerprint density at radius 1 is 0.741 bits per heavy atom. The van der Waals surface area contributed by atoms with E-state index in [1.807, 2.05) is 84.9 Å². The Hall–Kier alpha value is -3.31. The Morgan fingerprint density at radius 3 is 2.07 bits per heavy atom. The summed E-state index contributed by atoms with van der Waals surface area (Å²) in [6, 6.07) is 26.7. The number of ether oxygens (including phenoxy) is 1. The molecule has 3 aromatic rings. The molecule has 0 spiro atoms. The molecule has 0 heterocycles. The van der Waals surface area contributed by atoms with E-state index >= 15 is 0 Å². The second-order valence-corrected chi connectivity index (χ2v) is 6.19. The van der Waals surface area contributed by atoms with Crippen molar-refractivity contribution in [2.24, 2.45) is 0 Å². The molecule has 2 heteroatoms. The number of carbonyl (C=O) groups is 1. The number of benzene rings is 3. The first-order chi connectivity index (χ1) is 13.3. The summed E-state index contributed by atoms with van der Waals surface area (Å²) >= 11 is 0. The third-order valence-electron chi connectivity index (χ3n) is 4.12. The van der Waals surface area contributed by atoms with Gasteiger partial charge in [0.25, 0.3) is 0 Å². The van der Waals surface area contributed by atoms with Crippen molar-refractivity contribution in [2.75, 3.05) is 6.61 Å². The number of hydrogen-bond donors (Lipinski definition) is 0. The van der Waals surface area contributed by atoms with Crippen LogP contribution in [0.2, 0.25) is 0 Å². The molecule has 0 saturated heterocycles. The SMILES string of the molecule is O=C(c1ccccc1)c1ccc(OCCCCC#Cc2ccccc2)cc1. The zero-order valence-corrected chi connectivity index (χ0v) is 15.2. The lowest BCUT2D eigenvalue weighted by atomic mass is 10.0. The topological polar surface area (TPSA) is 26.3 Å². The van der Waals surface area contributed by atoms with Crippen molar-refractivity contribution in [2.45, 2.75) is 19.3 Å². The third-order valence-corrected chi connectivity index (χ3v) is 4.12. The summed E-state index contributed by atoms with van der Waals surface area (Å²) in [7, 11) is 0. The van der Waals surface area contributed by atoms with Crippen molar-refractivity contribution in [3.05, 3.63) is 102 Å². The zero-order valence-electron chi connectivity index (χ0n) is 15.2. The molecule has 0 radical (unpaired) electrons. The molecule has 0 amide bonds. The van der Waals surface area contributed by atoms with Crippen LogP contribution < -0.4 is 4.74 Å². The molecule has 134 valence electrons. The molecule has 0 N–H and O–H groups in total. The van der Waals surface area contributed by atoms with Crippen molar-refractivity contribution in [1.82, 2.24) is 0 Å². The first-order valence-electron chi connectivity index (χ1n) is 9.19. The van der Waals surface area contributed by atoms with Crippen LogP contribution in [-0.2, 0) is 0 Å². The number of carbonyl (C=O) groups excluding carboxylic acids is 1. The van der Waals surface area contributed by atoms with Crippen molar-refractivity contribution in [3.63, 3.8) is 0 Å². The summed E-state index contributed by atoms with van der Waals surface area (Å²) < 4.78 is 5.75. The van der Waals surface area contributed by atoms with Gasteiger partial charge in [-0.05, 0) is 49.2 Å². The summed E-state index contributed by atoms with van der Waals surface area (Å²) in [5.41, 5.74) is 2.42. The molecule has 0 aliphatic heterocycles. The van der Waals surface area contributed by atoms with Crippen molar-refractivity contribution >= 4 is 5.78 Å². The van der Waals surface area contributed by atoms with Gasteiger partial charge in [0.1, 0.15) is 5.75 Å². The van der Waals surface area contributed by atoms with Gasteiger partial charge in [-0.3, -0.25) is 4.79 Å². The smallest absolute Gasteiger partial charge is 0.193 e. The van der Waals surface area contributed by atoms with E-state index in [0.717, 1.165) is 30.6 Å². The van der Waals surface area contributed by atoms with E-state index < -0.39 is 0 Å². The van der Waals surface area contributed by atoms with Crippen LogP contribution in [0.25, 0.3) is 0 Å². The molecule has 3 aromatic carbocycles. The maximum absolute atomic E-state index is 12.4. The molecule has 3 rings (SSSR count). The normalized spacial score (nSPS) is 9.93. The van der Waals surface area contributed by atoms with Gasteiger partial charge in [0.15, 0.2) is 5.78 Å². The Bertz CT molecular complexity index is 901. The summed E-state index contributed by atoms with van der Waals surface area (Å²) in [5, 5.41) is 0. The van der Waals surface area contributed by atoms with Crippen LogP contribution in [-0.4, -0.2) is 12.4 Å². The van der Waals surface area contributed by atoms with E-state index in [4.69, 9.17) is 4.74 Å². The van der Waals surface area contributed by atoms with Crippen LogP contribution >= 0.6 is 0 Å². The number of ketones is 1. The Morgan fingerprint density at radius 2 is 1.37 bits per heavy atom. The van der Waals surface area contributed by atoms with Gasteiger partial charge in [-0.25, -0.2) is 0 Å². The first-order valence-corrected chi connectivity index (χ1v) is 9.19. The Kier molecular flexibility index (Phi) is 6.84. The first kappa shape index (κ1) is 18.5. The second-order valence-electron chi connectivity index (χ2n) is 6.19. The average molecular weight is 354 g/mol. The summed E-state index contributed by atoms with van der Waals surface area (Å²) in [6.45, 7) is 0.652. The lowest BCUT2D eigenvalue weighted by molar-refractivity contribution is 0.103. The molecule has 0 aliphatic rings. The highest BCUT2D eigenvalue weighted by atomic mass is 16.5. The van der Waals surface area contributed by atoms with Crippen LogP contribution in [0.1, 0.15) is 40.7 Å². The summed E-state index contributed by atoms with van der Waals surface area (Å²) in [5.74, 6) is 7.17. The molecular weight excluding hydrogens is 332 g/mol. The fourth-order valence-corrected chi connectivity index (χ4v) is 2.65. The predicted octanol–water partition coefficient (Wildman–Crippen LogP) is 5.52. The molecule has 0 fully saturated rings. The highest BCUT2D eigenvalue weighted by Crippen LogP contribution is 2.16. The van der Waals surface area contributed by atoms with Gasteiger partial charge < -0.3 is 4.74 Å². The Labute approximate surface area is 160 Å². The van der Waals surface area contributed by atoms with Gasteiger partial charge >= 0.3 is 0 Å². The number of rotatable bonds is 7. The van der Waals surface area contributed by atoms with E-state index in [9.17, 15) is 4.79 Å². The number of hydrogen-bond acceptors (Lipinski definition) is 2. The maximum Gasteiger partial charge on any atom is 0.193 e. The zero-order chi connectivity index (χ0) is 18.7. The van der Waals surface area contributed by atoms with E-state index in [1.54, 1.807) is 0 Å². The van der Waals surface area contributed by atoms with Crippen molar-refractivity contribution in [1.29, 1.82) is 0 Å². The third kappa shape index (κ3) is 5.87. The summed E-state index contributed by atoms with van der Waals surface area (Å²) in [4.78, 5) is 12.4. The van der Waals surface area contributed by atoms with Gasteiger partial charge in [0, 0.05) is 23.1 Å². The number of unbranched alkanes of at least 4 members (excludes halogenated alkanes) is 2. The van der Waals surface area contributed by atoms with Crippen LogP contribution in [0.4, 0.5) is 0 Å². The van der Waals surface area contributed by atoms with Gasteiger partial charge in [0.05, 0.1) is 6.61 Å². The minimum absolute atomic E-state index is 0.0270. The fraction of sp³-hybridized carbons (Fsp3) is 0.160. The predicted molar refractivity (Wildman–Crippen MR) is 109 cm³/mol. The quantitative estimate of drug-likeness (QED) is 0.317. The molecule has 0 unspecified atom stereocenters. The molecule has 27 heavy (non-hydrogen) atoms. The fourth-order valence-electron chi connectivity index (χ4n) is 2.65. The van der Waals surface area contributed by atoms with Gasteiger partial charge in [0.2, 0.25) is 0 Å². The minimum Gasteiger partial charge on any atom is -0.494 e. The van der Waals surface area contributed by atoms with Gasteiger partial charge in [-0.1, -0.05) is 60.4 Å². The standard InChI is InChI=1S/C25H22O2/c26-25(22-14-8-4-9-15-22)23-16-18-24(19-17-23)27-20-10-2-1-5-11-21-12-6-3-7-13-21/h3-4,6-9,12-19H,1-2,10,20H2. The highest BCUT2D eigenvalue weighted by Gasteiger charge is 2.08. The van der Waals surface area contributed by atoms with Crippen molar-refractivity contribution in [3.8, 4) is 17.6 Å². The van der Waals surface area contributed by atoms with Crippen LogP contribution in [0, 0.1) is 11.8 Å².